The smallest absolute Gasteiger partial charge is 0.234 e. The third-order valence-electron chi connectivity index (χ3n) is 4.75. The number of likely N-dealkylation sites (tertiary alicyclic amines) is 1. The molecule has 2 N–H and O–H groups in total. The first-order valence-electron chi connectivity index (χ1n) is 9.40. The summed E-state index contributed by atoms with van der Waals surface area (Å²) in [6.07, 6.45) is 5.13. The van der Waals surface area contributed by atoms with Crippen LogP contribution >= 0.6 is 0 Å². The lowest BCUT2D eigenvalue weighted by Crippen LogP contribution is -2.41. The fraction of sp³-hybridized carbons (Fsp3) is 0.381. The Morgan fingerprint density at radius 2 is 1.96 bits per heavy atom. The molecule has 0 saturated carbocycles. The number of hydrogen-bond donors (Lipinski definition) is 2. The molecule has 2 amide bonds. The number of carbonyl (C=O) groups is 2. The van der Waals surface area contributed by atoms with Crippen LogP contribution in [0.15, 0.2) is 48.7 Å². The minimum absolute atomic E-state index is 0.0174. The number of nitrogens with one attached hydrogen (secondary N) is 2. The third kappa shape index (κ3) is 5.62. The van der Waals surface area contributed by atoms with Crippen molar-refractivity contribution in [3.05, 3.63) is 59.9 Å². The second-order valence-electron chi connectivity index (χ2n) is 6.89. The van der Waals surface area contributed by atoms with Gasteiger partial charge in [-0.3, -0.25) is 19.5 Å². The Morgan fingerprint density at radius 3 is 2.67 bits per heavy atom. The number of rotatable bonds is 6. The molecule has 3 rings (SSSR count). The first-order valence-corrected chi connectivity index (χ1v) is 9.40. The highest BCUT2D eigenvalue weighted by Gasteiger charge is 2.26. The van der Waals surface area contributed by atoms with Gasteiger partial charge >= 0.3 is 0 Å². The molecule has 6 nitrogen and oxygen atoms in total. The number of nitrogens with zero attached hydrogens (tertiary/aromatic N) is 2. The molecule has 1 aliphatic heterocycles. The molecule has 1 aromatic heterocycles. The number of benzene rings is 1. The number of amides is 2. The Bertz CT molecular complexity index is 762. The van der Waals surface area contributed by atoms with Gasteiger partial charge in [0.1, 0.15) is 0 Å². The molecule has 1 aliphatic rings. The summed E-state index contributed by atoms with van der Waals surface area (Å²) in [4.78, 5) is 30.2. The van der Waals surface area contributed by atoms with Gasteiger partial charge in [0.05, 0.1) is 18.3 Å². The van der Waals surface area contributed by atoms with E-state index < -0.39 is 0 Å². The van der Waals surface area contributed by atoms with Crippen LogP contribution < -0.4 is 10.6 Å². The number of pyridine rings is 1. The topological polar surface area (TPSA) is 74.3 Å². The maximum atomic E-state index is 12.4. The molecular weight excluding hydrogens is 340 g/mol. The first-order chi connectivity index (χ1) is 13.1. The van der Waals surface area contributed by atoms with Crippen LogP contribution in [-0.4, -0.2) is 34.8 Å². The zero-order valence-corrected chi connectivity index (χ0v) is 15.6. The minimum Gasteiger partial charge on any atom is -0.351 e. The summed E-state index contributed by atoms with van der Waals surface area (Å²) in [5.74, 6) is -0.0798. The monoisotopic (exact) mass is 366 g/mol. The predicted octanol–water partition coefficient (Wildman–Crippen LogP) is 2.88. The van der Waals surface area contributed by atoms with Crippen LogP contribution in [-0.2, 0) is 16.1 Å². The second kappa shape index (κ2) is 9.28. The molecule has 1 fully saturated rings. The molecule has 2 aromatic rings. The van der Waals surface area contributed by atoms with E-state index in [0.717, 1.165) is 36.3 Å². The summed E-state index contributed by atoms with van der Waals surface area (Å²) in [6, 6.07) is 13.7. The fourth-order valence-corrected chi connectivity index (χ4v) is 3.44. The quantitative estimate of drug-likeness (QED) is 0.824. The van der Waals surface area contributed by atoms with Gasteiger partial charge in [-0.1, -0.05) is 24.6 Å². The van der Waals surface area contributed by atoms with E-state index in [0.29, 0.717) is 13.1 Å². The number of aromatic nitrogens is 1. The molecule has 1 atom stereocenters. The van der Waals surface area contributed by atoms with Crippen molar-refractivity contribution in [2.45, 2.75) is 38.8 Å². The zero-order chi connectivity index (χ0) is 19.1. The largest absolute Gasteiger partial charge is 0.351 e. The van der Waals surface area contributed by atoms with Crippen LogP contribution in [0.3, 0.4) is 0 Å². The van der Waals surface area contributed by atoms with E-state index in [1.807, 2.05) is 48.7 Å². The Labute approximate surface area is 160 Å². The SMILES string of the molecule is CC(=O)Nc1ccc(CNC(=O)CN2CCCC[C@H]2c2ccccn2)cc1. The van der Waals surface area contributed by atoms with Crippen LogP contribution in [0.2, 0.25) is 0 Å². The van der Waals surface area contributed by atoms with Crippen LogP contribution in [0.1, 0.15) is 43.5 Å². The van der Waals surface area contributed by atoms with E-state index in [4.69, 9.17) is 0 Å². The van der Waals surface area contributed by atoms with Gasteiger partial charge in [0.25, 0.3) is 0 Å². The van der Waals surface area contributed by atoms with Gasteiger partial charge in [-0.25, -0.2) is 0 Å². The van der Waals surface area contributed by atoms with Gasteiger partial charge in [0, 0.05) is 25.4 Å². The van der Waals surface area contributed by atoms with E-state index in [1.54, 1.807) is 0 Å². The van der Waals surface area contributed by atoms with Crippen LogP contribution in [0.4, 0.5) is 5.69 Å². The van der Waals surface area contributed by atoms with Gasteiger partial charge < -0.3 is 10.6 Å². The van der Waals surface area contributed by atoms with E-state index in [1.165, 1.54) is 13.3 Å². The molecule has 1 aromatic carbocycles. The molecule has 0 unspecified atom stereocenters. The number of hydrogen-bond acceptors (Lipinski definition) is 4. The van der Waals surface area contributed by atoms with Gasteiger partial charge in [0.15, 0.2) is 0 Å². The van der Waals surface area contributed by atoms with Crippen LogP contribution in [0.5, 0.6) is 0 Å². The second-order valence-corrected chi connectivity index (χ2v) is 6.89. The van der Waals surface area contributed by atoms with Crippen LogP contribution in [0, 0.1) is 0 Å². The van der Waals surface area contributed by atoms with Crippen molar-refractivity contribution in [1.29, 1.82) is 0 Å². The van der Waals surface area contributed by atoms with Crippen molar-refractivity contribution >= 4 is 17.5 Å². The Balaban J connectivity index is 1.52. The highest BCUT2D eigenvalue weighted by molar-refractivity contribution is 5.88. The maximum Gasteiger partial charge on any atom is 0.234 e. The highest BCUT2D eigenvalue weighted by atomic mass is 16.2. The number of carbonyl (C=O) groups excluding carboxylic acids is 2. The van der Waals surface area contributed by atoms with Crippen molar-refractivity contribution in [3.8, 4) is 0 Å². The van der Waals surface area contributed by atoms with Gasteiger partial charge in [0.2, 0.25) is 11.8 Å². The Hall–Kier alpha value is -2.73. The molecule has 27 heavy (non-hydrogen) atoms. The normalized spacial score (nSPS) is 17.3. The average molecular weight is 366 g/mol. The summed E-state index contributed by atoms with van der Waals surface area (Å²) in [5.41, 5.74) is 2.79. The molecule has 142 valence electrons. The van der Waals surface area contributed by atoms with Crippen LogP contribution in [0.25, 0.3) is 0 Å². The lowest BCUT2D eigenvalue weighted by molar-refractivity contribution is -0.123. The molecular formula is C21H26N4O2. The molecule has 2 heterocycles. The molecule has 0 bridgehead atoms. The van der Waals surface area contributed by atoms with E-state index in [2.05, 4.69) is 20.5 Å². The summed E-state index contributed by atoms with van der Waals surface area (Å²) >= 11 is 0. The van der Waals surface area contributed by atoms with Crippen molar-refractivity contribution in [3.63, 3.8) is 0 Å². The summed E-state index contributed by atoms with van der Waals surface area (Å²) in [7, 11) is 0. The minimum atomic E-state index is -0.0972. The van der Waals surface area contributed by atoms with Crippen molar-refractivity contribution in [2.75, 3.05) is 18.4 Å². The molecule has 0 aliphatic carbocycles. The number of anilines is 1. The van der Waals surface area contributed by atoms with Gasteiger partial charge in [-0.05, 0) is 49.2 Å². The summed E-state index contributed by atoms with van der Waals surface area (Å²) < 4.78 is 0. The van der Waals surface area contributed by atoms with Gasteiger partial charge in [-0.2, -0.15) is 0 Å². The average Bonchev–Trinajstić information content (AvgIpc) is 2.68. The Morgan fingerprint density at radius 1 is 1.15 bits per heavy atom. The Kier molecular flexibility index (Phi) is 6.54. The van der Waals surface area contributed by atoms with E-state index >= 15 is 0 Å². The van der Waals surface area contributed by atoms with Crippen molar-refractivity contribution in [1.82, 2.24) is 15.2 Å². The zero-order valence-electron chi connectivity index (χ0n) is 15.6. The predicted molar refractivity (Wildman–Crippen MR) is 105 cm³/mol. The van der Waals surface area contributed by atoms with E-state index in [-0.39, 0.29) is 17.9 Å². The highest BCUT2D eigenvalue weighted by Crippen LogP contribution is 2.29. The lowest BCUT2D eigenvalue weighted by atomic mass is 9.99. The van der Waals surface area contributed by atoms with Crippen molar-refractivity contribution < 1.29 is 9.59 Å². The first kappa shape index (κ1) is 19.0. The van der Waals surface area contributed by atoms with Gasteiger partial charge in [-0.15, -0.1) is 0 Å². The summed E-state index contributed by atoms with van der Waals surface area (Å²) in [6.45, 7) is 3.25. The maximum absolute atomic E-state index is 12.4. The molecule has 0 radical (unpaired) electrons. The third-order valence-corrected chi connectivity index (χ3v) is 4.75. The standard InChI is InChI=1S/C21H26N4O2/c1-16(26)24-18-10-8-17(9-11-18)14-23-21(27)15-25-13-5-3-7-20(25)19-6-2-4-12-22-19/h2,4,6,8-12,20H,3,5,7,13-15H2,1H3,(H,23,27)(H,24,26)/t20-/m0/s1. The summed E-state index contributed by atoms with van der Waals surface area (Å²) in [5, 5.41) is 5.72. The molecule has 6 heteroatoms. The lowest BCUT2D eigenvalue weighted by Gasteiger charge is -2.34. The fourth-order valence-electron chi connectivity index (χ4n) is 3.44. The molecule has 0 spiro atoms. The number of piperidine rings is 1. The van der Waals surface area contributed by atoms with Crippen molar-refractivity contribution in [2.24, 2.45) is 0 Å². The van der Waals surface area contributed by atoms with E-state index in [9.17, 15) is 9.59 Å². The molecule has 1 saturated heterocycles.